The molecule has 164 valence electrons. The van der Waals surface area contributed by atoms with Crippen molar-refractivity contribution in [3.63, 3.8) is 0 Å². The zero-order chi connectivity index (χ0) is 23.0. The van der Waals surface area contributed by atoms with Crippen LogP contribution in [0.25, 0.3) is 22.3 Å². The Morgan fingerprint density at radius 3 is 1.44 bits per heavy atom. The minimum absolute atomic E-state index is 0.267. The summed E-state index contributed by atoms with van der Waals surface area (Å²) in [6, 6.07) is 45.1. The molecule has 0 aromatic heterocycles. The molecule has 5 aromatic carbocycles. The van der Waals surface area contributed by atoms with Crippen LogP contribution in [0.1, 0.15) is 10.4 Å². The van der Waals surface area contributed by atoms with Crippen molar-refractivity contribution in [2.75, 3.05) is 0 Å². The van der Waals surface area contributed by atoms with Crippen molar-refractivity contribution < 1.29 is 7.90 Å². The van der Waals surface area contributed by atoms with Crippen LogP contribution in [-0.4, -0.2) is 24.6 Å². The van der Waals surface area contributed by atoms with Crippen molar-refractivity contribution in [1.82, 2.24) is 0 Å². The van der Waals surface area contributed by atoms with E-state index < -0.39 is 18.6 Å². The molecule has 5 aromatic rings. The summed E-state index contributed by atoms with van der Waals surface area (Å²) in [5.74, 6) is -0.267. The van der Waals surface area contributed by atoms with Crippen LogP contribution in [0.15, 0.2) is 133 Å². The van der Waals surface area contributed by atoms with E-state index in [1.165, 1.54) is 18.3 Å². The van der Waals surface area contributed by atoms with Gasteiger partial charge in [0.1, 0.15) is 0 Å². The predicted octanol–water partition coefficient (Wildman–Crippen LogP) is 5.16. The fraction of sp³-hybridized carbons (Fsp3) is 0. The molecule has 1 aliphatic rings. The Morgan fingerprint density at radius 1 is 0.471 bits per heavy atom. The van der Waals surface area contributed by atoms with E-state index in [1.54, 1.807) is 0 Å². The molecular formula is C31H22O2Te. The van der Waals surface area contributed by atoms with Crippen molar-refractivity contribution in [3.05, 3.63) is 139 Å². The van der Waals surface area contributed by atoms with Crippen LogP contribution in [0.2, 0.25) is 0 Å². The van der Waals surface area contributed by atoms with Gasteiger partial charge in [-0.15, -0.1) is 0 Å². The maximum atomic E-state index is 13.7. The molecule has 6 rings (SSSR count). The summed E-state index contributed by atoms with van der Waals surface area (Å²) in [7, 11) is 0. The molecule has 0 bridgehead atoms. The molecule has 0 radical (unpaired) electrons. The second-order valence-corrected chi connectivity index (χ2v) is 15.6. The van der Waals surface area contributed by atoms with Crippen LogP contribution in [0.5, 0.6) is 0 Å². The van der Waals surface area contributed by atoms with Crippen molar-refractivity contribution in [1.29, 1.82) is 0 Å². The summed E-state index contributed by atoms with van der Waals surface area (Å²) in [5.41, 5.74) is 5.16. The third-order valence-electron chi connectivity index (χ3n) is 6.18. The summed E-state index contributed by atoms with van der Waals surface area (Å²) >= 11 is -3.94. The van der Waals surface area contributed by atoms with E-state index in [9.17, 15) is 4.79 Å². The van der Waals surface area contributed by atoms with E-state index in [4.69, 9.17) is 3.10 Å². The molecule has 0 saturated carbocycles. The van der Waals surface area contributed by atoms with Gasteiger partial charge < -0.3 is 0 Å². The number of benzene rings is 5. The quantitative estimate of drug-likeness (QED) is 0.287. The van der Waals surface area contributed by atoms with Crippen LogP contribution < -0.4 is 10.8 Å². The third kappa shape index (κ3) is 3.29. The van der Waals surface area contributed by atoms with Crippen molar-refractivity contribution in [3.8, 4) is 22.3 Å². The molecule has 0 fully saturated rings. The molecule has 34 heavy (non-hydrogen) atoms. The van der Waals surface area contributed by atoms with Crippen LogP contribution in [0.3, 0.4) is 0 Å². The van der Waals surface area contributed by atoms with Gasteiger partial charge in [0.05, 0.1) is 0 Å². The molecule has 0 aliphatic carbocycles. The number of hydrogen-bond donors (Lipinski definition) is 0. The van der Waals surface area contributed by atoms with E-state index in [0.29, 0.717) is 5.56 Å². The molecule has 1 aliphatic heterocycles. The number of carbonyl (C=O) groups excluding carboxylic acids is 1. The zero-order valence-electron chi connectivity index (χ0n) is 18.4. The Labute approximate surface area is 203 Å². The molecule has 0 unspecified atom stereocenters. The molecule has 0 N–H and O–H groups in total. The average molecular weight is 554 g/mol. The predicted molar refractivity (Wildman–Crippen MR) is 140 cm³/mol. The van der Waals surface area contributed by atoms with E-state index in [0.717, 1.165) is 14.7 Å². The summed E-state index contributed by atoms with van der Waals surface area (Å²) in [6.07, 6.45) is 0. The minimum atomic E-state index is -3.94. The summed E-state index contributed by atoms with van der Waals surface area (Å²) in [4.78, 5) is 13.7. The van der Waals surface area contributed by atoms with Crippen molar-refractivity contribution in [2.24, 2.45) is 0 Å². The van der Waals surface area contributed by atoms with Gasteiger partial charge >= 0.3 is 205 Å². The summed E-state index contributed by atoms with van der Waals surface area (Å²) in [6.45, 7) is 0. The monoisotopic (exact) mass is 556 g/mol. The van der Waals surface area contributed by atoms with Gasteiger partial charge in [-0.05, 0) is 0 Å². The Hall–Kier alpha value is -3.64. The van der Waals surface area contributed by atoms with Crippen LogP contribution >= 0.6 is 0 Å². The molecule has 2 nitrogen and oxygen atoms in total. The average Bonchev–Trinajstić information content (AvgIpc) is 3.20. The van der Waals surface area contributed by atoms with E-state index >= 15 is 0 Å². The second kappa shape index (κ2) is 8.61. The molecule has 0 amide bonds. The number of fused-ring (bicyclic) bond motifs is 3. The van der Waals surface area contributed by atoms with Gasteiger partial charge in [0.2, 0.25) is 0 Å². The number of carbonyl (C=O) groups is 1. The Kier molecular flexibility index (Phi) is 5.30. The molecule has 3 heteroatoms. The Morgan fingerprint density at radius 2 is 0.882 bits per heavy atom. The van der Waals surface area contributed by atoms with Gasteiger partial charge in [-0.3, -0.25) is 0 Å². The standard InChI is InChI=1S/C31H22O2Te/c32-31(24-15-5-2-6-16-24)33-34(28-20-10-7-17-25(28)23-13-3-1-4-14-23)29-21-11-8-18-26(29)27-19-9-12-22-30(27)34/h1-22H. The maximum absolute atomic E-state index is 13.7. The van der Waals surface area contributed by atoms with Gasteiger partial charge in [0.15, 0.2) is 0 Å². The van der Waals surface area contributed by atoms with Gasteiger partial charge in [-0.2, -0.15) is 0 Å². The molecular weight excluding hydrogens is 532 g/mol. The normalized spacial score (nSPS) is 14.0. The second-order valence-electron chi connectivity index (χ2n) is 8.15. The fourth-order valence-electron chi connectivity index (χ4n) is 4.68. The van der Waals surface area contributed by atoms with Gasteiger partial charge in [0, 0.05) is 0 Å². The van der Waals surface area contributed by atoms with Crippen LogP contribution in [0.4, 0.5) is 0 Å². The molecule has 0 spiro atoms. The molecule has 0 atom stereocenters. The molecule has 1 heterocycles. The first kappa shape index (κ1) is 20.9. The van der Waals surface area contributed by atoms with Gasteiger partial charge in [-0.1, -0.05) is 0 Å². The molecule has 0 saturated heterocycles. The number of rotatable bonds is 4. The van der Waals surface area contributed by atoms with E-state index in [-0.39, 0.29) is 5.97 Å². The Bertz CT molecular complexity index is 1450. The van der Waals surface area contributed by atoms with Crippen molar-refractivity contribution >= 4 is 35.4 Å². The van der Waals surface area contributed by atoms with Crippen LogP contribution in [0, 0.1) is 0 Å². The number of hydrogen-bond acceptors (Lipinski definition) is 2. The van der Waals surface area contributed by atoms with E-state index in [1.807, 2.05) is 36.4 Å². The third-order valence-corrected chi connectivity index (χ3v) is 15.7. The first-order valence-corrected chi connectivity index (χ1v) is 15.7. The summed E-state index contributed by atoms with van der Waals surface area (Å²) in [5, 5.41) is 0. The van der Waals surface area contributed by atoms with Crippen molar-refractivity contribution in [2.45, 2.75) is 0 Å². The van der Waals surface area contributed by atoms with E-state index in [2.05, 4.69) is 97.1 Å². The fourth-order valence-corrected chi connectivity index (χ4v) is 14.9. The summed E-state index contributed by atoms with van der Waals surface area (Å²) < 4.78 is 10.3. The first-order chi connectivity index (χ1) is 16.8. The van der Waals surface area contributed by atoms with Gasteiger partial charge in [-0.25, -0.2) is 0 Å². The van der Waals surface area contributed by atoms with Crippen LogP contribution in [-0.2, 0) is 3.10 Å². The van der Waals surface area contributed by atoms with Gasteiger partial charge in [0.25, 0.3) is 0 Å². The Balaban J connectivity index is 1.67. The first-order valence-electron chi connectivity index (χ1n) is 11.2. The topological polar surface area (TPSA) is 26.3 Å². The zero-order valence-corrected chi connectivity index (χ0v) is 20.8. The SMILES string of the molecule is O=C(O[Te]1(c2ccccc2-c2ccccc2)c2ccccc2-c2ccccc21)c1ccccc1.